The van der Waals surface area contributed by atoms with Gasteiger partial charge in [-0.15, -0.1) is 0 Å². The normalized spacial score (nSPS) is 11.5. The zero-order valence-corrected chi connectivity index (χ0v) is 36.2. The van der Waals surface area contributed by atoms with E-state index < -0.39 is 20.2 Å². The minimum atomic E-state index is -4.33. The van der Waals surface area contributed by atoms with Crippen molar-refractivity contribution in [2.24, 2.45) is 0 Å². The van der Waals surface area contributed by atoms with Gasteiger partial charge < -0.3 is 9.11 Å². The first-order valence-electron chi connectivity index (χ1n) is 20.2. The first kappa shape index (κ1) is 50.5. The van der Waals surface area contributed by atoms with Gasteiger partial charge in [0.05, 0.1) is 9.79 Å². The van der Waals surface area contributed by atoms with Crippen LogP contribution in [0.3, 0.4) is 0 Å². The van der Waals surface area contributed by atoms with Gasteiger partial charge in [-0.2, -0.15) is 0 Å². The van der Waals surface area contributed by atoms with Gasteiger partial charge in [0.25, 0.3) is 0 Å². The van der Waals surface area contributed by atoms with Crippen LogP contribution in [0.5, 0.6) is 0 Å². The molecule has 0 fully saturated rings. The molecule has 0 N–H and O–H groups in total. The Morgan fingerprint density at radius 1 is 0.392 bits per heavy atom. The van der Waals surface area contributed by atoms with E-state index in [1.165, 1.54) is 178 Å². The summed E-state index contributed by atoms with van der Waals surface area (Å²) in [4.78, 5) is -0.223. The molecule has 2 rings (SSSR count). The second kappa shape index (κ2) is 32.9. The van der Waals surface area contributed by atoms with Gasteiger partial charge in [0.2, 0.25) is 0 Å². The molecule has 0 radical (unpaired) electrons. The summed E-state index contributed by atoms with van der Waals surface area (Å²) in [5.74, 6) is 0. The first-order valence-corrected chi connectivity index (χ1v) is 23.0. The first-order chi connectivity index (χ1) is 24.1. The van der Waals surface area contributed by atoms with E-state index in [1.54, 1.807) is 12.1 Å². The molecule has 0 unspecified atom stereocenters. The molecule has 0 atom stereocenters. The van der Waals surface area contributed by atoms with Crippen LogP contribution in [0.2, 0.25) is 0 Å². The van der Waals surface area contributed by atoms with Crippen LogP contribution in [0, 0.1) is 0 Å². The van der Waals surface area contributed by atoms with Gasteiger partial charge in [0.1, 0.15) is 20.2 Å². The fourth-order valence-electron chi connectivity index (χ4n) is 6.41. The summed E-state index contributed by atoms with van der Waals surface area (Å²) in [7, 11) is -8.67. The maximum absolute atomic E-state index is 11.0. The Hall–Kier alpha value is -0.480. The zero-order valence-electron chi connectivity index (χ0n) is 32.4. The van der Waals surface area contributed by atoms with Gasteiger partial charge in [-0.25, -0.2) is 16.8 Å². The molecule has 6 nitrogen and oxygen atoms in total. The van der Waals surface area contributed by atoms with Crippen LogP contribution in [0.25, 0.3) is 0 Å². The molecule has 0 aliphatic rings. The van der Waals surface area contributed by atoms with Crippen molar-refractivity contribution >= 4 is 58.0 Å². The minimum Gasteiger partial charge on any atom is -0.744 e. The molecule has 288 valence electrons. The van der Waals surface area contributed by atoms with Crippen LogP contribution < -0.4 is 0 Å². The molecule has 2 aromatic rings. The molecule has 0 saturated carbocycles. The van der Waals surface area contributed by atoms with Crippen molar-refractivity contribution in [1.82, 2.24) is 0 Å². The summed E-state index contributed by atoms with van der Waals surface area (Å²) in [5, 5.41) is 0. The Balaban J connectivity index is 0.000000962. The van der Waals surface area contributed by atoms with Crippen LogP contribution in [0.1, 0.15) is 192 Å². The van der Waals surface area contributed by atoms with Gasteiger partial charge in [-0.1, -0.05) is 192 Å². The molecule has 0 saturated heterocycles. The molecule has 2 aromatic carbocycles. The van der Waals surface area contributed by atoms with E-state index in [4.69, 9.17) is 0 Å². The van der Waals surface area contributed by atoms with Gasteiger partial charge >= 0.3 is 37.7 Å². The largest absolute Gasteiger partial charge is 2.00 e. The molecule has 0 heterocycles. The second-order valence-corrected chi connectivity index (χ2v) is 16.9. The third-order valence-electron chi connectivity index (χ3n) is 9.51. The Kier molecular flexibility index (Phi) is 32.6. The zero-order chi connectivity index (χ0) is 36.8. The monoisotopic (exact) mass is 774 g/mol. The van der Waals surface area contributed by atoms with Crippen LogP contribution in [-0.4, -0.2) is 63.7 Å². The SMILES string of the molecule is CCCCCCCCCCCCCCCc1cccc(S(=O)(=O)[O-])c1.CCCCCCCCCCCCCCCc1cccc(S(=O)(=O)[O-])c1.[Ca+2]. The third-order valence-corrected chi connectivity index (χ3v) is 11.2. The van der Waals surface area contributed by atoms with Crippen LogP contribution in [-0.2, 0) is 33.1 Å². The summed E-state index contributed by atoms with van der Waals surface area (Å²) in [5.41, 5.74) is 1.89. The molecule has 0 aliphatic carbocycles. The summed E-state index contributed by atoms with van der Waals surface area (Å²) in [6, 6.07) is 12.9. The summed E-state index contributed by atoms with van der Waals surface area (Å²) in [6.07, 6.45) is 36.0. The van der Waals surface area contributed by atoms with Crippen LogP contribution >= 0.6 is 0 Å². The van der Waals surface area contributed by atoms with Gasteiger partial charge in [-0.3, -0.25) is 0 Å². The molecule has 0 spiro atoms. The van der Waals surface area contributed by atoms with Crippen molar-refractivity contribution in [3.8, 4) is 0 Å². The average Bonchev–Trinajstić information content (AvgIpc) is 3.09. The van der Waals surface area contributed by atoms with E-state index in [-0.39, 0.29) is 47.5 Å². The van der Waals surface area contributed by atoms with E-state index in [0.29, 0.717) is 0 Å². The third kappa shape index (κ3) is 29.5. The predicted octanol–water partition coefficient (Wildman–Crippen LogP) is 12.1. The standard InChI is InChI=1S/2C21H36O3S.Ca/c2*1-2-3-4-5-6-7-8-9-10-11-12-13-14-16-20-17-15-18-21(19-20)25(22,23)24;/h2*15,17-19H,2-14,16H2,1H3,(H,22,23,24);/q;;+2/p-2. The van der Waals surface area contributed by atoms with Gasteiger partial charge in [-0.05, 0) is 61.1 Å². The minimum absolute atomic E-state index is 0. The number of rotatable bonds is 30. The van der Waals surface area contributed by atoms with Crippen LogP contribution in [0.15, 0.2) is 58.3 Å². The molecule has 0 bridgehead atoms. The maximum Gasteiger partial charge on any atom is 2.00 e. The van der Waals surface area contributed by atoms with Crippen molar-refractivity contribution in [3.63, 3.8) is 0 Å². The smallest absolute Gasteiger partial charge is 0.744 e. The molecule has 0 aromatic heterocycles. The molecular weight excluding hydrogens is 705 g/mol. The Morgan fingerprint density at radius 2 is 0.627 bits per heavy atom. The van der Waals surface area contributed by atoms with E-state index in [9.17, 15) is 25.9 Å². The molecule has 0 amide bonds. The quantitative estimate of drug-likeness (QED) is 0.0443. The van der Waals surface area contributed by atoms with Crippen molar-refractivity contribution in [1.29, 1.82) is 0 Å². The van der Waals surface area contributed by atoms with Crippen molar-refractivity contribution in [2.75, 3.05) is 0 Å². The fourth-order valence-corrected chi connectivity index (χ4v) is 7.49. The van der Waals surface area contributed by atoms with E-state index in [2.05, 4.69) is 13.8 Å². The molecular formula is C42H70CaO6S2. The summed E-state index contributed by atoms with van der Waals surface area (Å²) >= 11 is 0. The van der Waals surface area contributed by atoms with E-state index in [0.717, 1.165) is 36.8 Å². The fraction of sp³-hybridized carbons (Fsp3) is 0.714. The van der Waals surface area contributed by atoms with Crippen molar-refractivity contribution < 1.29 is 25.9 Å². The van der Waals surface area contributed by atoms with E-state index in [1.807, 2.05) is 12.1 Å². The van der Waals surface area contributed by atoms with Gasteiger partial charge in [0.15, 0.2) is 0 Å². The van der Waals surface area contributed by atoms with Crippen molar-refractivity contribution in [3.05, 3.63) is 59.7 Å². The number of aryl methyl sites for hydroxylation is 2. The Morgan fingerprint density at radius 3 is 0.863 bits per heavy atom. The van der Waals surface area contributed by atoms with Crippen molar-refractivity contribution in [2.45, 2.75) is 203 Å². The molecule has 51 heavy (non-hydrogen) atoms. The summed E-state index contributed by atoms with van der Waals surface area (Å²) in [6.45, 7) is 4.52. The Labute approximate surface area is 344 Å². The van der Waals surface area contributed by atoms with Gasteiger partial charge in [0, 0.05) is 0 Å². The van der Waals surface area contributed by atoms with Crippen LogP contribution in [0.4, 0.5) is 0 Å². The number of hydrogen-bond donors (Lipinski definition) is 0. The maximum atomic E-state index is 11.0. The summed E-state index contributed by atoms with van der Waals surface area (Å²) < 4.78 is 66.1. The molecule has 9 heteroatoms. The number of unbranched alkanes of at least 4 members (excludes halogenated alkanes) is 24. The van der Waals surface area contributed by atoms with E-state index >= 15 is 0 Å². The second-order valence-electron chi connectivity index (χ2n) is 14.2. The average molecular weight is 775 g/mol. The Bertz CT molecular complexity index is 1210. The number of hydrogen-bond acceptors (Lipinski definition) is 6. The predicted molar refractivity (Wildman–Crippen MR) is 213 cm³/mol. The number of benzene rings is 2. The topological polar surface area (TPSA) is 114 Å². The molecule has 0 aliphatic heterocycles.